The smallest absolute Gasteiger partial charge is 0.164 e. The van der Waals surface area contributed by atoms with Gasteiger partial charge in [0.25, 0.3) is 0 Å². The SMILES string of the molecule is COc1cccc(C(C)N2CCN(c3ncnc4c3c(Br)nn4C)CC2)c1. The van der Waals surface area contributed by atoms with Gasteiger partial charge in [-0.3, -0.25) is 4.90 Å². The highest BCUT2D eigenvalue weighted by atomic mass is 79.9. The minimum Gasteiger partial charge on any atom is -0.497 e. The van der Waals surface area contributed by atoms with Crippen LogP contribution in [-0.2, 0) is 7.05 Å². The first kappa shape index (κ1) is 18.2. The van der Waals surface area contributed by atoms with Crippen molar-refractivity contribution in [1.82, 2.24) is 24.6 Å². The van der Waals surface area contributed by atoms with E-state index in [9.17, 15) is 0 Å². The van der Waals surface area contributed by atoms with Crippen LogP contribution in [0.4, 0.5) is 5.82 Å². The Morgan fingerprint density at radius 2 is 1.93 bits per heavy atom. The van der Waals surface area contributed by atoms with Crippen molar-refractivity contribution in [2.45, 2.75) is 13.0 Å². The lowest BCUT2D eigenvalue weighted by molar-refractivity contribution is 0.198. The molecule has 142 valence electrons. The predicted molar refractivity (Wildman–Crippen MR) is 109 cm³/mol. The third-order valence-corrected chi connectivity index (χ3v) is 5.85. The molecule has 1 aliphatic heterocycles. The first-order valence-corrected chi connectivity index (χ1v) is 9.84. The summed E-state index contributed by atoms with van der Waals surface area (Å²) >= 11 is 3.55. The molecule has 1 aliphatic rings. The molecule has 1 unspecified atom stereocenters. The molecular weight excluding hydrogens is 408 g/mol. The third kappa shape index (κ3) is 3.39. The number of piperazine rings is 1. The van der Waals surface area contributed by atoms with Gasteiger partial charge in [0.1, 0.15) is 22.5 Å². The maximum atomic E-state index is 5.37. The van der Waals surface area contributed by atoms with E-state index in [2.05, 4.69) is 65.9 Å². The van der Waals surface area contributed by atoms with E-state index in [0.717, 1.165) is 53.4 Å². The lowest BCUT2D eigenvalue weighted by atomic mass is 10.1. The number of aromatic nitrogens is 4. The fourth-order valence-electron chi connectivity index (χ4n) is 3.70. The maximum Gasteiger partial charge on any atom is 0.164 e. The normalized spacial score (nSPS) is 16.7. The van der Waals surface area contributed by atoms with Crippen molar-refractivity contribution in [2.75, 3.05) is 38.2 Å². The number of aryl methyl sites for hydroxylation is 1. The van der Waals surface area contributed by atoms with E-state index >= 15 is 0 Å². The second-order valence-corrected chi connectivity index (χ2v) is 7.54. The molecule has 1 aromatic carbocycles. The highest BCUT2D eigenvalue weighted by Crippen LogP contribution is 2.31. The van der Waals surface area contributed by atoms with Crippen molar-refractivity contribution >= 4 is 32.8 Å². The Kier molecular flexibility index (Phi) is 5.01. The Bertz CT molecular complexity index is 951. The van der Waals surface area contributed by atoms with Crippen molar-refractivity contribution in [3.05, 3.63) is 40.8 Å². The monoisotopic (exact) mass is 430 g/mol. The summed E-state index contributed by atoms with van der Waals surface area (Å²) in [6, 6.07) is 8.68. The Labute approximate surface area is 167 Å². The summed E-state index contributed by atoms with van der Waals surface area (Å²) in [7, 11) is 3.61. The molecule has 0 saturated carbocycles. The fraction of sp³-hybridized carbons (Fsp3) is 0.421. The van der Waals surface area contributed by atoms with Gasteiger partial charge in [-0.15, -0.1) is 0 Å². The van der Waals surface area contributed by atoms with E-state index in [-0.39, 0.29) is 0 Å². The molecule has 2 aromatic heterocycles. The van der Waals surface area contributed by atoms with Crippen LogP contribution in [0.3, 0.4) is 0 Å². The molecule has 27 heavy (non-hydrogen) atoms. The summed E-state index contributed by atoms with van der Waals surface area (Å²) in [5, 5.41) is 5.41. The number of benzene rings is 1. The quantitative estimate of drug-likeness (QED) is 0.633. The molecule has 0 radical (unpaired) electrons. The Balaban J connectivity index is 1.51. The molecule has 0 N–H and O–H groups in total. The summed E-state index contributed by atoms with van der Waals surface area (Å²) in [5.74, 6) is 1.86. The number of fused-ring (bicyclic) bond motifs is 1. The molecule has 0 amide bonds. The number of hydrogen-bond donors (Lipinski definition) is 0. The van der Waals surface area contributed by atoms with Crippen LogP contribution in [0.5, 0.6) is 5.75 Å². The van der Waals surface area contributed by atoms with Crippen LogP contribution in [0, 0.1) is 0 Å². The Morgan fingerprint density at radius 3 is 2.67 bits per heavy atom. The number of hydrogen-bond acceptors (Lipinski definition) is 6. The number of rotatable bonds is 4. The molecule has 1 saturated heterocycles. The topological polar surface area (TPSA) is 59.3 Å². The summed E-state index contributed by atoms with van der Waals surface area (Å²) < 4.78 is 7.95. The minimum atomic E-state index is 0.345. The van der Waals surface area contributed by atoms with Gasteiger partial charge in [0.2, 0.25) is 0 Å². The highest BCUT2D eigenvalue weighted by Gasteiger charge is 2.25. The molecule has 8 heteroatoms. The second kappa shape index (κ2) is 7.44. The van der Waals surface area contributed by atoms with Crippen LogP contribution in [0.25, 0.3) is 11.0 Å². The van der Waals surface area contributed by atoms with E-state index in [1.807, 2.05) is 13.1 Å². The van der Waals surface area contributed by atoms with Crippen molar-refractivity contribution in [2.24, 2.45) is 7.05 Å². The van der Waals surface area contributed by atoms with Crippen LogP contribution in [-0.4, -0.2) is 57.9 Å². The van der Waals surface area contributed by atoms with Gasteiger partial charge in [-0.25, -0.2) is 14.6 Å². The lowest BCUT2D eigenvalue weighted by Crippen LogP contribution is -2.47. The van der Waals surface area contributed by atoms with E-state index < -0.39 is 0 Å². The standard InChI is InChI=1S/C19H23BrN6O/c1-13(14-5-4-6-15(11-14)27-3)25-7-9-26(10-8-25)19-16-17(20)23-24(2)18(16)21-12-22-19/h4-6,11-13H,7-10H2,1-3H3. The Morgan fingerprint density at radius 1 is 1.15 bits per heavy atom. The summed E-state index contributed by atoms with van der Waals surface area (Å²) in [6.07, 6.45) is 1.62. The van der Waals surface area contributed by atoms with Gasteiger partial charge in [0, 0.05) is 39.3 Å². The molecule has 4 rings (SSSR count). The zero-order valence-electron chi connectivity index (χ0n) is 15.8. The van der Waals surface area contributed by atoms with E-state index in [1.54, 1.807) is 18.1 Å². The van der Waals surface area contributed by atoms with Gasteiger partial charge in [0.05, 0.1) is 12.5 Å². The van der Waals surface area contributed by atoms with Crippen molar-refractivity contribution in [1.29, 1.82) is 0 Å². The van der Waals surface area contributed by atoms with E-state index in [4.69, 9.17) is 4.74 Å². The molecule has 0 aliphatic carbocycles. The van der Waals surface area contributed by atoms with Crippen LogP contribution < -0.4 is 9.64 Å². The number of halogens is 1. The second-order valence-electron chi connectivity index (χ2n) is 6.79. The number of nitrogens with zero attached hydrogens (tertiary/aromatic N) is 6. The predicted octanol–water partition coefficient (Wildman–Crippen LogP) is 3.02. The molecule has 0 bridgehead atoms. The summed E-state index contributed by atoms with van der Waals surface area (Å²) in [5.41, 5.74) is 2.13. The number of methoxy groups -OCH3 is 1. The first-order valence-electron chi connectivity index (χ1n) is 9.04. The lowest BCUT2D eigenvalue weighted by Gasteiger charge is -2.38. The fourth-order valence-corrected chi connectivity index (χ4v) is 4.29. The number of anilines is 1. The summed E-state index contributed by atoms with van der Waals surface area (Å²) in [6.45, 7) is 6.04. The molecule has 3 heterocycles. The molecule has 3 aromatic rings. The van der Waals surface area contributed by atoms with Gasteiger partial charge < -0.3 is 9.64 Å². The average molecular weight is 431 g/mol. The van der Waals surface area contributed by atoms with Crippen molar-refractivity contribution in [3.63, 3.8) is 0 Å². The van der Waals surface area contributed by atoms with E-state index in [1.165, 1.54) is 5.56 Å². The zero-order valence-corrected chi connectivity index (χ0v) is 17.3. The van der Waals surface area contributed by atoms with Crippen LogP contribution in [0.15, 0.2) is 35.2 Å². The summed E-state index contributed by atoms with van der Waals surface area (Å²) in [4.78, 5) is 13.7. The highest BCUT2D eigenvalue weighted by molar-refractivity contribution is 9.10. The van der Waals surface area contributed by atoms with Gasteiger partial charge in [-0.2, -0.15) is 5.10 Å². The van der Waals surface area contributed by atoms with Crippen LogP contribution in [0.2, 0.25) is 0 Å². The van der Waals surface area contributed by atoms with Gasteiger partial charge in [0.15, 0.2) is 5.65 Å². The average Bonchev–Trinajstić information content (AvgIpc) is 3.01. The van der Waals surface area contributed by atoms with Crippen LogP contribution >= 0.6 is 15.9 Å². The molecule has 7 nitrogen and oxygen atoms in total. The van der Waals surface area contributed by atoms with Gasteiger partial charge >= 0.3 is 0 Å². The Hall–Kier alpha value is -2.19. The van der Waals surface area contributed by atoms with E-state index in [0.29, 0.717) is 6.04 Å². The third-order valence-electron chi connectivity index (χ3n) is 5.30. The molecule has 1 atom stereocenters. The maximum absolute atomic E-state index is 5.37. The minimum absolute atomic E-state index is 0.345. The largest absolute Gasteiger partial charge is 0.497 e. The molecule has 0 spiro atoms. The first-order chi connectivity index (χ1) is 13.1. The molecule has 1 fully saturated rings. The van der Waals surface area contributed by atoms with Crippen molar-refractivity contribution in [3.8, 4) is 5.75 Å². The van der Waals surface area contributed by atoms with Crippen LogP contribution in [0.1, 0.15) is 18.5 Å². The zero-order chi connectivity index (χ0) is 19.0. The van der Waals surface area contributed by atoms with Gasteiger partial charge in [-0.05, 0) is 40.5 Å². The number of ether oxygens (including phenoxy) is 1. The molecular formula is C19H23BrN6O. The van der Waals surface area contributed by atoms with Gasteiger partial charge in [-0.1, -0.05) is 12.1 Å². The van der Waals surface area contributed by atoms with Crippen molar-refractivity contribution < 1.29 is 4.74 Å².